The van der Waals surface area contributed by atoms with Crippen LogP contribution in [0.3, 0.4) is 0 Å². The van der Waals surface area contributed by atoms with E-state index in [0.717, 1.165) is 12.8 Å². The van der Waals surface area contributed by atoms with E-state index in [4.69, 9.17) is 25.5 Å². The average Bonchev–Trinajstić information content (AvgIpc) is 2.61. The Bertz CT molecular complexity index is 458. The minimum absolute atomic E-state index is 0.0632. The van der Waals surface area contributed by atoms with Gasteiger partial charge < -0.3 is 25.5 Å². The summed E-state index contributed by atoms with van der Waals surface area (Å²) in [6.45, 7) is 2.15. The van der Waals surface area contributed by atoms with Gasteiger partial charge in [-0.2, -0.15) is 0 Å². The van der Waals surface area contributed by atoms with Crippen LogP contribution in [0.25, 0.3) is 0 Å². The molecule has 0 bridgehead atoms. The van der Waals surface area contributed by atoms with Crippen LogP contribution in [0.4, 0.5) is 0 Å². The Morgan fingerprint density at radius 2 is 0.633 bits per heavy atom. The third kappa shape index (κ3) is 44.6. The lowest BCUT2D eigenvalue weighted by Gasteiger charge is -1.95. The van der Waals surface area contributed by atoms with E-state index in [1.165, 1.54) is 19.3 Å². The van der Waals surface area contributed by atoms with Gasteiger partial charge in [0.1, 0.15) is 0 Å². The van der Waals surface area contributed by atoms with Gasteiger partial charge in [0.25, 0.3) is 0 Å². The van der Waals surface area contributed by atoms with Gasteiger partial charge in [0, 0.05) is 32.1 Å². The van der Waals surface area contributed by atoms with E-state index in [9.17, 15) is 24.0 Å². The molecule has 0 fully saturated rings. The average molecular weight is 436 g/mol. The zero-order valence-electron chi connectivity index (χ0n) is 17.7. The second-order valence-corrected chi connectivity index (χ2v) is 6.55. The minimum Gasteiger partial charge on any atom is -0.481 e. The highest BCUT2D eigenvalue weighted by Crippen LogP contribution is 2.04. The molecule has 5 N–H and O–H groups in total. The Balaban J connectivity index is -0.000000366. The smallest absolute Gasteiger partial charge is 0.303 e. The molecule has 0 aromatic rings. The van der Waals surface area contributed by atoms with Gasteiger partial charge in [0.05, 0.1) is 0 Å². The van der Waals surface area contributed by atoms with Gasteiger partial charge in [-0.3, -0.25) is 24.0 Å². The second-order valence-electron chi connectivity index (χ2n) is 6.55. The van der Waals surface area contributed by atoms with E-state index in [0.29, 0.717) is 25.7 Å². The van der Waals surface area contributed by atoms with Gasteiger partial charge >= 0.3 is 29.8 Å². The molecule has 0 rings (SSSR count). The summed E-state index contributed by atoms with van der Waals surface area (Å²) in [7, 11) is 0. The first-order chi connectivity index (χ1) is 14.0. The van der Waals surface area contributed by atoms with Crippen molar-refractivity contribution in [2.24, 2.45) is 0 Å². The first-order valence-electron chi connectivity index (χ1n) is 10.1. The molecule has 0 radical (unpaired) electrons. The third-order valence-corrected chi connectivity index (χ3v) is 3.56. The van der Waals surface area contributed by atoms with Crippen molar-refractivity contribution in [3.8, 4) is 0 Å². The van der Waals surface area contributed by atoms with Crippen molar-refractivity contribution < 1.29 is 49.5 Å². The molecule has 0 saturated heterocycles. The maximum absolute atomic E-state index is 10.0. The Hall–Kier alpha value is -2.65. The molecule has 0 aliphatic carbocycles. The molecule has 0 aliphatic heterocycles. The molecule has 0 heterocycles. The molecule has 0 amide bonds. The van der Waals surface area contributed by atoms with Crippen LogP contribution in [-0.4, -0.2) is 55.4 Å². The normalized spacial score (nSPS) is 9.37. The molecule has 176 valence electrons. The van der Waals surface area contributed by atoms with Crippen molar-refractivity contribution in [2.45, 2.75) is 96.8 Å². The molecule has 0 atom stereocenters. The lowest BCUT2D eigenvalue weighted by Crippen LogP contribution is -1.98. The molecule has 0 spiro atoms. The highest BCUT2D eigenvalue weighted by Gasteiger charge is 2.00. The first-order valence-corrected chi connectivity index (χ1v) is 10.1. The van der Waals surface area contributed by atoms with E-state index < -0.39 is 29.8 Å². The van der Waals surface area contributed by atoms with Crippen LogP contribution in [0, 0.1) is 0 Å². The van der Waals surface area contributed by atoms with Crippen LogP contribution >= 0.6 is 0 Å². The van der Waals surface area contributed by atoms with Gasteiger partial charge in [-0.05, 0) is 25.7 Å². The van der Waals surface area contributed by atoms with Gasteiger partial charge in [0.15, 0.2) is 0 Å². The summed E-state index contributed by atoms with van der Waals surface area (Å²) in [6.07, 6.45) is 8.07. The van der Waals surface area contributed by atoms with Crippen LogP contribution in [0.1, 0.15) is 96.8 Å². The van der Waals surface area contributed by atoms with Crippen LogP contribution < -0.4 is 0 Å². The molecule has 0 aliphatic rings. The molecule has 10 heteroatoms. The number of carbonyl (C=O) groups is 5. The summed E-state index contributed by atoms with van der Waals surface area (Å²) in [5.74, 6) is -4.20. The summed E-state index contributed by atoms with van der Waals surface area (Å²) in [5.41, 5.74) is 0. The second kappa shape index (κ2) is 24.4. The number of carboxylic acid groups (broad SMARTS) is 5. The summed E-state index contributed by atoms with van der Waals surface area (Å²) >= 11 is 0. The molecular weight excluding hydrogens is 400 g/mol. The fourth-order valence-corrected chi connectivity index (χ4v) is 2.00. The number of hydrogen-bond acceptors (Lipinski definition) is 5. The van der Waals surface area contributed by atoms with Crippen LogP contribution in [0.15, 0.2) is 0 Å². The fourth-order valence-electron chi connectivity index (χ4n) is 2.00. The molecule has 30 heavy (non-hydrogen) atoms. The van der Waals surface area contributed by atoms with E-state index in [1.54, 1.807) is 0 Å². The van der Waals surface area contributed by atoms with Crippen LogP contribution in [0.5, 0.6) is 0 Å². The largest absolute Gasteiger partial charge is 0.481 e. The Morgan fingerprint density at radius 1 is 0.400 bits per heavy atom. The Labute approximate surface area is 176 Å². The number of hydrogen-bond donors (Lipinski definition) is 5. The first kappa shape index (κ1) is 32.0. The van der Waals surface area contributed by atoms with Crippen molar-refractivity contribution in [1.82, 2.24) is 0 Å². The molecule has 10 nitrogen and oxygen atoms in total. The van der Waals surface area contributed by atoms with Crippen LogP contribution in [-0.2, 0) is 24.0 Å². The maximum atomic E-state index is 10.0. The van der Waals surface area contributed by atoms with Crippen molar-refractivity contribution in [2.75, 3.05) is 0 Å². The van der Waals surface area contributed by atoms with Gasteiger partial charge in [-0.25, -0.2) is 0 Å². The molecule has 0 aromatic carbocycles. The van der Waals surface area contributed by atoms with E-state index >= 15 is 0 Å². The fraction of sp³-hybridized carbons (Fsp3) is 0.750. The summed E-state index contributed by atoms with van der Waals surface area (Å²) in [5, 5.41) is 40.7. The van der Waals surface area contributed by atoms with Crippen LogP contribution in [0.2, 0.25) is 0 Å². The number of carboxylic acids is 5. The Morgan fingerprint density at radius 3 is 0.900 bits per heavy atom. The van der Waals surface area contributed by atoms with Crippen molar-refractivity contribution in [1.29, 1.82) is 0 Å². The summed E-state index contributed by atoms with van der Waals surface area (Å²) in [4.78, 5) is 49.6. The van der Waals surface area contributed by atoms with Crippen molar-refractivity contribution >= 4 is 29.8 Å². The van der Waals surface area contributed by atoms with Gasteiger partial charge in [0.2, 0.25) is 0 Å². The zero-order valence-corrected chi connectivity index (χ0v) is 17.7. The third-order valence-electron chi connectivity index (χ3n) is 3.56. The summed E-state index contributed by atoms with van der Waals surface area (Å²) in [6, 6.07) is 0. The molecule has 0 aromatic heterocycles. The highest BCUT2D eigenvalue weighted by molar-refractivity contribution is 5.70. The van der Waals surface area contributed by atoms with Crippen molar-refractivity contribution in [3.05, 3.63) is 0 Å². The standard InChI is InChI=1S/C8H16O2.C7H12O4.C5H8O4/c1-2-3-4-5-6-7-8(9)10;8-6(9)4-2-1-3-5-7(10)11;6-4(7)2-1-3-5(8)9/h2-7H2,1H3,(H,9,10);1-5H2,(H,8,9)(H,10,11);1-3H2,(H,6,7)(H,8,9). The predicted octanol–water partition coefficient (Wildman–Crippen LogP) is 3.86. The Kier molecular flexibility index (Phi) is 26.0. The number of aliphatic carboxylic acids is 5. The van der Waals surface area contributed by atoms with Crippen molar-refractivity contribution in [3.63, 3.8) is 0 Å². The molecule has 0 unspecified atom stereocenters. The minimum atomic E-state index is -0.948. The van der Waals surface area contributed by atoms with Gasteiger partial charge in [-0.15, -0.1) is 0 Å². The number of rotatable bonds is 16. The quantitative estimate of drug-likeness (QED) is 0.222. The zero-order chi connectivity index (χ0) is 23.8. The maximum Gasteiger partial charge on any atom is 0.303 e. The number of unbranched alkanes of at least 4 members (excludes halogenated alkanes) is 6. The lowest BCUT2D eigenvalue weighted by atomic mass is 10.1. The monoisotopic (exact) mass is 436 g/mol. The van der Waals surface area contributed by atoms with Gasteiger partial charge in [-0.1, -0.05) is 39.0 Å². The molecular formula is C20H36O10. The summed E-state index contributed by atoms with van der Waals surface area (Å²) < 4.78 is 0. The topological polar surface area (TPSA) is 186 Å². The molecule has 0 saturated carbocycles. The van der Waals surface area contributed by atoms with E-state index in [2.05, 4.69) is 6.92 Å². The van der Waals surface area contributed by atoms with E-state index in [1.807, 2.05) is 0 Å². The lowest BCUT2D eigenvalue weighted by molar-refractivity contribution is -0.140. The highest BCUT2D eigenvalue weighted by atomic mass is 16.4. The SMILES string of the molecule is CCCCCCCC(=O)O.O=C(O)CCCC(=O)O.O=C(O)CCCCCC(=O)O. The van der Waals surface area contributed by atoms with E-state index in [-0.39, 0.29) is 32.1 Å². The predicted molar refractivity (Wildman–Crippen MR) is 108 cm³/mol.